The van der Waals surface area contributed by atoms with Crippen molar-refractivity contribution in [2.45, 2.75) is 13.8 Å². The lowest BCUT2D eigenvalue weighted by Crippen LogP contribution is -2.02. The average molecular weight is 266 g/mol. The molecule has 0 fully saturated rings. The van der Waals surface area contributed by atoms with Crippen LogP contribution in [0.3, 0.4) is 0 Å². The van der Waals surface area contributed by atoms with Crippen molar-refractivity contribution < 1.29 is 0 Å². The number of aryl methyl sites for hydroxylation is 1. The van der Waals surface area contributed by atoms with Crippen LogP contribution in [0.1, 0.15) is 11.4 Å². The molecule has 2 aromatic rings. The molecule has 1 aromatic heterocycles. The highest BCUT2D eigenvalue weighted by atomic mass is 79.9. The number of aromatic nitrogens is 2. The van der Waals surface area contributed by atoms with Gasteiger partial charge in [-0.2, -0.15) is 5.10 Å². The van der Waals surface area contributed by atoms with Crippen molar-refractivity contribution in [1.29, 1.82) is 0 Å². The molecule has 0 aliphatic rings. The summed E-state index contributed by atoms with van der Waals surface area (Å²) < 4.78 is 2.89. The van der Waals surface area contributed by atoms with Crippen molar-refractivity contribution in [3.8, 4) is 5.69 Å². The van der Waals surface area contributed by atoms with Crippen LogP contribution in [0.4, 0.5) is 5.69 Å². The summed E-state index contributed by atoms with van der Waals surface area (Å²) in [4.78, 5) is 0. The summed E-state index contributed by atoms with van der Waals surface area (Å²) in [6.45, 7) is 3.98. The first-order chi connectivity index (χ1) is 7.11. The molecule has 2 N–H and O–H groups in total. The number of nitrogens with two attached hydrogens (primary N) is 1. The van der Waals surface area contributed by atoms with E-state index < -0.39 is 0 Å². The third-order valence-corrected chi connectivity index (χ3v) is 3.52. The Hall–Kier alpha value is -1.29. The van der Waals surface area contributed by atoms with Gasteiger partial charge in [0.25, 0.3) is 0 Å². The van der Waals surface area contributed by atoms with E-state index in [0.29, 0.717) is 0 Å². The van der Waals surface area contributed by atoms with Crippen molar-refractivity contribution in [2.75, 3.05) is 5.73 Å². The lowest BCUT2D eigenvalue weighted by atomic mass is 10.2. The number of hydrogen-bond acceptors (Lipinski definition) is 2. The summed E-state index contributed by atoms with van der Waals surface area (Å²) in [6.07, 6.45) is 0. The molecule has 78 valence electrons. The van der Waals surface area contributed by atoms with E-state index in [2.05, 4.69) is 21.0 Å². The van der Waals surface area contributed by atoms with Gasteiger partial charge in [0.15, 0.2) is 0 Å². The summed E-state index contributed by atoms with van der Waals surface area (Å²) in [5.41, 5.74) is 9.59. The zero-order valence-electron chi connectivity index (χ0n) is 8.66. The summed E-state index contributed by atoms with van der Waals surface area (Å²) in [5.74, 6) is 0. The quantitative estimate of drug-likeness (QED) is 0.806. The molecule has 0 saturated carbocycles. The van der Waals surface area contributed by atoms with E-state index in [1.807, 2.05) is 42.8 Å². The van der Waals surface area contributed by atoms with Crippen LogP contribution in [0, 0.1) is 13.8 Å². The Morgan fingerprint density at radius 3 is 2.47 bits per heavy atom. The Morgan fingerprint density at radius 1 is 1.27 bits per heavy atom. The maximum atomic E-state index is 5.90. The minimum Gasteiger partial charge on any atom is -0.397 e. The fourth-order valence-corrected chi connectivity index (χ4v) is 1.79. The monoisotopic (exact) mass is 265 g/mol. The third-order valence-electron chi connectivity index (χ3n) is 2.37. The SMILES string of the molecule is Cc1nn(-c2ccccc2N)c(C)c1Br. The van der Waals surface area contributed by atoms with Gasteiger partial charge in [0, 0.05) is 0 Å². The molecule has 1 aromatic carbocycles. The fraction of sp³-hybridized carbons (Fsp3) is 0.182. The maximum Gasteiger partial charge on any atom is 0.0878 e. The Bertz CT molecular complexity index is 503. The number of halogens is 1. The van der Waals surface area contributed by atoms with E-state index >= 15 is 0 Å². The van der Waals surface area contributed by atoms with Gasteiger partial charge in [0.2, 0.25) is 0 Å². The Labute approximate surface area is 97.0 Å². The van der Waals surface area contributed by atoms with Gasteiger partial charge < -0.3 is 5.73 Å². The largest absolute Gasteiger partial charge is 0.397 e. The van der Waals surface area contributed by atoms with Gasteiger partial charge in [-0.15, -0.1) is 0 Å². The molecule has 0 bridgehead atoms. The summed E-state index contributed by atoms with van der Waals surface area (Å²) in [6, 6.07) is 7.70. The normalized spacial score (nSPS) is 10.6. The molecule has 0 aliphatic carbocycles. The van der Waals surface area contributed by atoms with Gasteiger partial charge >= 0.3 is 0 Å². The first-order valence-corrected chi connectivity index (χ1v) is 5.47. The molecule has 0 atom stereocenters. The third kappa shape index (κ3) is 1.65. The molecule has 4 heteroatoms. The molecule has 0 saturated heterocycles. The predicted molar refractivity (Wildman–Crippen MR) is 65.2 cm³/mol. The van der Waals surface area contributed by atoms with E-state index in [1.165, 1.54) is 0 Å². The predicted octanol–water partition coefficient (Wildman–Crippen LogP) is 2.83. The van der Waals surface area contributed by atoms with Crippen LogP contribution in [-0.4, -0.2) is 9.78 Å². The van der Waals surface area contributed by atoms with Crippen LogP contribution in [0.15, 0.2) is 28.7 Å². The molecular formula is C11H12BrN3. The highest BCUT2D eigenvalue weighted by Crippen LogP contribution is 2.25. The molecule has 0 spiro atoms. The van der Waals surface area contributed by atoms with Crippen LogP contribution in [0.2, 0.25) is 0 Å². The van der Waals surface area contributed by atoms with Crippen LogP contribution in [0.5, 0.6) is 0 Å². The topological polar surface area (TPSA) is 43.8 Å². The first kappa shape index (κ1) is 10.2. The standard InChI is InChI=1S/C11H12BrN3/c1-7-11(12)8(2)15(14-7)10-6-4-3-5-9(10)13/h3-6H,13H2,1-2H3. The van der Waals surface area contributed by atoms with Gasteiger partial charge in [-0.05, 0) is 41.9 Å². The minimum absolute atomic E-state index is 0.732. The van der Waals surface area contributed by atoms with E-state index in [1.54, 1.807) is 0 Å². The number of nitrogens with zero attached hydrogens (tertiary/aromatic N) is 2. The molecule has 0 unspecified atom stereocenters. The molecular weight excluding hydrogens is 254 g/mol. The number of benzene rings is 1. The number of rotatable bonds is 1. The van der Waals surface area contributed by atoms with Crippen LogP contribution in [0.25, 0.3) is 5.69 Å². The summed E-state index contributed by atoms with van der Waals surface area (Å²) in [5, 5.41) is 4.43. The number of hydrogen-bond donors (Lipinski definition) is 1. The van der Waals surface area contributed by atoms with Crippen molar-refractivity contribution in [3.63, 3.8) is 0 Å². The molecule has 3 nitrogen and oxygen atoms in total. The van der Waals surface area contributed by atoms with E-state index in [-0.39, 0.29) is 0 Å². The van der Waals surface area contributed by atoms with Crippen molar-refractivity contribution in [3.05, 3.63) is 40.1 Å². The van der Waals surface area contributed by atoms with Crippen molar-refractivity contribution >= 4 is 21.6 Å². The fourth-order valence-electron chi connectivity index (χ4n) is 1.54. The first-order valence-electron chi connectivity index (χ1n) is 4.68. The minimum atomic E-state index is 0.732. The van der Waals surface area contributed by atoms with E-state index in [4.69, 9.17) is 5.73 Å². The van der Waals surface area contributed by atoms with Crippen molar-refractivity contribution in [2.24, 2.45) is 0 Å². The second-order valence-electron chi connectivity index (χ2n) is 3.46. The number of anilines is 1. The summed E-state index contributed by atoms with van der Waals surface area (Å²) in [7, 11) is 0. The lowest BCUT2D eigenvalue weighted by molar-refractivity contribution is 0.835. The zero-order chi connectivity index (χ0) is 11.0. The Kier molecular flexibility index (Phi) is 2.52. The van der Waals surface area contributed by atoms with Gasteiger partial charge in [0.05, 0.1) is 27.2 Å². The second kappa shape index (κ2) is 3.70. The highest BCUT2D eigenvalue weighted by molar-refractivity contribution is 9.10. The van der Waals surface area contributed by atoms with Crippen LogP contribution < -0.4 is 5.73 Å². The second-order valence-corrected chi connectivity index (χ2v) is 4.25. The lowest BCUT2D eigenvalue weighted by Gasteiger charge is -2.06. The Balaban J connectivity index is 2.65. The van der Waals surface area contributed by atoms with Crippen molar-refractivity contribution in [1.82, 2.24) is 9.78 Å². The van der Waals surface area contributed by atoms with Gasteiger partial charge in [-0.3, -0.25) is 0 Å². The van der Waals surface area contributed by atoms with E-state index in [0.717, 1.165) is 27.2 Å². The van der Waals surface area contributed by atoms with Gasteiger partial charge in [0.1, 0.15) is 0 Å². The zero-order valence-corrected chi connectivity index (χ0v) is 10.2. The van der Waals surface area contributed by atoms with Gasteiger partial charge in [-0.1, -0.05) is 12.1 Å². The molecule has 2 rings (SSSR count). The summed E-state index contributed by atoms with van der Waals surface area (Å²) >= 11 is 3.50. The van der Waals surface area contributed by atoms with Crippen LogP contribution in [-0.2, 0) is 0 Å². The van der Waals surface area contributed by atoms with Gasteiger partial charge in [-0.25, -0.2) is 4.68 Å². The molecule has 0 amide bonds. The van der Waals surface area contributed by atoms with E-state index in [9.17, 15) is 0 Å². The molecule has 0 aliphatic heterocycles. The Morgan fingerprint density at radius 2 is 1.93 bits per heavy atom. The maximum absolute atomic E-state index is 5.90. The highest BCUT2D eigenvalue weighted by Gasteiger charge is 2.11. The number of nitrogen functional groups attached to an aromatic ring is 1. The molecule has 1 heterocycles. The number of para-hydroxylation sites is 2. The average Bonchev–Trinajstić information content (AvgIpc) is 2.47. The molecule has 15 heavy (non-hydrogen) atoms. The smallest absolute Gasteiger partial charge is 0.0878 e. The molecule has 0 radical (unpaired) electrons. The van der Waals surface area contributed by atoms with Crippen LogP contribution >= 0.6 is 15.9 Å².